The minimum absolute atomic E-state index is 0.0369. The molecule has 0 fully saturated rings. The van der Waals surface area contributed by atoms with Crippen LogP contribution in [-0.4, -0.2) is 37.7 Å². The van der Waals surface area contributed by atoms with Gasteiger partial charge in [0.25, 0.3) is 0 Å². The van der Waals surface area contributed by atoms with Crippen LogP contribution in [0.3, 0.4) is 0 Å². The van der Waals surface area contributed by atoms with Crippen molar-refractivity contribution in [2.45, 2.75) is 46.3 Å². The van der Waals surface area contributed by atoms with Crippen LogP contribution >= 0.6 is 0 Å². The number of allylic oxidation sites excluding steroid dienone is 2. The maximum absolute atomic E-state index is 12.1. The van der Waals surface area contributed by atoms with Crippen LogP contribution in [0.2, 0.25) is 0 Å². The number of carbonyl (C=O) groups is 2. The summed E-state index contributed by atoms with van der Waals surface area (Å²) < 4.78 is 10.3. The van der Waals surface area contributed by atoms with Crippen molar-refractivity contribution < 1.29 is 19.1 Å². The number of likely N-dealkylation sites (N-methyl/N-ethyl adjacent to an activating group) is 1. The molecule has 25 heavy (non-hydrogen) atoms. The van der Waals surface area contributed by atoms with Crippen LogP contribution in [0.4, 0.5) is 0 Å². The van der Waals surface area contributed by atoms with Crippen LogP contribution in [0, 0.1) is 5.41 Å². The molecule has 0 unspecified atom stereocenters. The zero-order valence-corrected chi connectivity index (χ0v) is 16.3. The largest absolute Gasteiger partial charge is 0.458 e. The quantitative estimate of drug-likeness (QED) is 0.391. The second-order valence-corrected chi connectivity index (χ2v) is 6.47. The lowest BCUT2D eigenvalue weighted by atomic mass is 9.88. The molecule has 2 atom stereocenters. The van der Waals surface area contributed by atoms with Crippen molar-refractivity contribution in [3.8, 4) is 0 Å². The molecule has 0 aliphatic heterocycles. The van der Waals surface area contributed by atoms with Gasteiger partial charge in [-0.2, -0.15) is 0 Å². The molecule has 0 bridgehead atoms. The lowest BCUT2D eigenvalue weighted by Crippen LogP contribution is -2.41. The standard InChI is InChI=1S/C18H29NO4.C2H4/c1-8-10-14(9-2)12-22-16(20)13(3)23-17(21)15(19-7)11-18(4,5)6;1-2/h8-10,13,15,19H,1-2,11-12H2,3-7H3;1-2H2/b14-10+;/t13-,15+;/m1./s1. The molecule has 0 rings (SSSR count). The molecule has 5 heteroatoms. The summed E-state index contributed by atoms with van der Waals surface area (Å²) in [6.07, 6.45) is 4.49. The van der Waals surface area contributed by atoms with Gasteiger partial charge in [0.1, 0.15) is 12.6 Å². The molecule has 0 spiro atoms. The number of hydrogen-bond donors (Lipinski definition) is 1. The molecule has 0 aliphatic rings. The van der Waals surface area contributed by atoms with Crippen LogP contribution in [0.5, 0.6) is 0 Å². The van der Waals surface area contributed by atoms with Crippen molar-refractivity contribution >= 4 is 11.9 Å². The van der Waals surface area contributed by atoms with E-state index in [0.717, 1.165) is 0 Å². The third-order valence-electron chi connectivity index (χ3n) is 3.05. The average Bonchev–Trinajstić information content (AvgIpc) is 2.56. The molecular weight excluding hydrogens is 318 g/mol. The second-order valence-electron chi connectivity index (χ2n) is 6.47. The van der Waals surface area contributed by atoms with E-state index in [1.54, 1.807) is 25.3 Å². The van der Waals surface area contributed by atoms with Crippen molar-refractivity contribution in [3.63, 3.8) is 0 Å². The smallest absolute Gasteiger partial charge is 0.347 e. The van der Waals surface area contributed by atoms with Crippen molar-refractivity contribution in [2.24, 2.45) is 5.41 Å². The predicted molar refractivity (Wildman–Crippen MR) is 103 cm³/mol. The third kappa shape index (κ3) is 12.0. The van der Waals surface area contributed by atoms with Gasteiger partial charge in [0.2, 0.25) is 0 Å². The molecule has 0 aliphatic carbocycles. The fourth-order valence-electron chi connectivity index (χ4n) is 1.82. The lowest BCUT2D eigenvalue weighted by molar-refractivity contribution is -0.167. The van der Waals surface area contributed by atoms with Crippen molar-refractivity contribution in [1.82, 2.24) is 5.32 Å². The maximum Gasteiger partial charge on any atom is 0.347 e. The van der Waals surface area contributed by atoms with Crippen LogP contribution in [-0.2, 0) is 19.1 Å². The number of esters is 2. The van der Waals surface area contributed by atoms with E-state index in [4.69, 9.17) is 9.47 Å². The molecule has 0 heterocycles. The highest BCUT2D eigenvalue weighted by Crippen LogP contribution is 2.21. The van der Waals surface area contributed by atoms with Gasteiger partial charge in [-0.3, -0.25) is 4.79 Å². The van der Waals surface area contributed by atoms with Crippen molar-refractivity contribution in [1.29, 1.82) is 0 Å². The number of hydrogen-bond acceptors (Lipinski definition) is 5. The maximum atomic E-state index is 12.1. The molecular formula is C20H33NO4. The molecule has 142 valence electrons. The topological polar surface area (TPSA) is 64.6 Å². The molecule has 0 aromatic heterocycles. The van der Waals surface area contributed by atoms with Crippen LogP contribution < -0.4 is 5.32 Å². The zero-order chi connectivity index (χ0) is 20.0. The Balaban J connectivity index is 0. The molecule has 0 amide bonds. The number of nitrogens with one attached hydrogen (secondary N) is 1. The van der Waals surface area contributed by atoms with Gasteiger partial charge < -0.3 is 14.8 Å². The summed E-state index contributed by atoms with van der Waals surface area (Å²) in [5, 5.41) is 2.92. The van der Waals surface area contributed by atoms with Gasteiger partial charge in [0.15, 0.2) is 6.10 Å². The van der Waals surface area contributed by atoms with E-state index < -0.39 is 24.1 Å². The Morgan fingerprint density at radius 3 is 2.12 bits per heavy atom. The predicted octanol–water partition coefficient (Wildman–Crippen LogP) is 3.59. The van der Waals surface area contributed by atoms with E-state index in [2.05, 4.69) is 31.6 Å². The first-order valence-electron chi connectivity index (χ1n) is 8.13. The first kappa shape index (κ1) is 25.1. The summed E-state index contributed by atoms with van der Waals surface area (Å²) in [7, 11) is 1.69. The van der Waals surface area contributed by atoms with Gasteiger partial charge in [-0.25, -0.2) is 4.79 Å². The molecule has 0 aromatic carbocycles. The Labute approximate surface area is 152 Å². The second kappa shape index (κ2) is 13.2. The first-order valence-corrected chi connectivity index (χ1v) is 8.13. The van der Waals surface area contributed by atoms with Crippen molar-refractivity contribution in [3.05, 3.63) is 50.1 Å². The highest BCUT2D eigenvalue weighted by Gasteiger charge is 2.28. The number of carbonyl (C=O) groups excluding carboxylic acids is 2. The lowest BCUT2D eigenvalue weighted by Gasteiger charge is -2.25. The van der Waals surface area contributed by atoms with E-state index in [-0.39, 0.29) is 12.0 Å². The van der Waals surface area contributed by atoms with E-state index >= 15 is 0 Å². The minimum Gasteiger partial charge on any atom is -0.458 e. The Morgan fingerprint density at radius 1 is 1.16 bits per heavy atom. The Hall–Kier alpha value is -2.14. The van der Waals surface area contributed by atoms with E-state index in [1.807, 2.05) is 20.8 Å². The van der Waals surface area contributed by atoms with Crippen LogP contribution in [0.25, 0.3) is 0 Å². The third-order valence-corrected chi connectivity index (χ3v) is 3.05. The van der Waals surface area contributed by atoms with Gasteiger partial charge >= 0.3 is 11.9 Å². The summed E-state index contributed by atoms with van der Waals surface area (Å²) in [5.41, 5.74) is 0.679. The summed E-state index contributed by atoms with van der Waals surface area (Å²) in [4.78, 5) is 24.0. The summed E-state index contributed by atoms with van der Waals surface area (Å²) >= 11 is 0. The molecule has 0 saturated carbocycles. The minimum atomic E-state index is -0.965. The molecule has 1 N–H and O–H groups in total. The fraction of sp³-hybridized carbons (Fsp3) is 0.500. The summed E-state index contributed by atoms with van der Waals surface area (Å²) in [6.45, 7) is 20.8. The molecule has 0 radical (unpaired) electrons. The van der Waals surface area contributed by atoms with Gasteiger partial charge in [-0.1, -0.05) is 52.2 Å². The van der Waals surface area contributed by atoms with Gasteiger partial charge in [-0.05, 0) is 31.4 Å². The normalized spacial score (nSPS) is 13.6. The van der Waals surface area contributed by atoms with Gasteiger partial charge in [0, 0.05) is 0 Å². The Bertz CT molecular complexity index is 475. The van der Waals surface area contributed by atoms with Gasteiger partial charge in [0.05, 0.1) is 0 Å². The molecule has 5 nitrogen and oxygen atoms in total. The average molecular weight is 351 g/mol. The zero-order valence-electron chi connectivity index (χ0n) is 16.3. The first-order chi connectivity index (χ1) is 11.6. The fourth-order valence-corrected chi connectivity index (χ4v) is 1.82. The summed E-state index contributed by atoms with van der Waals surface area (Å²) in [5.74, 6) is -1.06. The van der Waals surface area contributed by atoms with E-state index in [9.17, 15) is 9.59 Å². The SMILES string of the molecule is C=C.C=C/C=C(\C=C)COC(=O)[C@@H](C)OC(=O)[C@H](CC(C)(C)C)NC. The van der Waals surface area contributed by atoms with Crippen LogP contribution in [0.15, 0.2) is 50.1 Å². The van der Waals surface area contributed by atoms with Crippen molar-refractivity contribution in [2.75, 3.05) is 13.7 Å². The molecule has 0 saturated heterocycles. The van der Waals surface area contributed by atoms with Gasteiger partial charge in [-0.15, -0.1) is 13.2 Å². The monoisotopic (exact) mass is 351 g/mol. The highest BCUT2D eigenvalue weighted by atomic mass is 16.6. The Morgan fingerprint density at radius 2 is 1.72 bits per heavy atom. The number of ether oxygens (including phenoxy) is 2. The summed E-state index contributed by atoms with van der Waals surface area (Å²) in [6, 6.07) is -0.463. The Kier molecular flexibility index (Phi) is 13.2. The van der Waals surface area contributed by atoms with E-state index in [1.165, 1.54) is 6.92 Å². The van der Waals surface area contributed by atoms with Crippen LogP contribution in [0.1, 0.15) is 34.1 Å². The number of rotatable bonds is 9. The molecule has 0 aromatic rings. The van der Waals surface area contributed by atoms with E-state index in [0.29, 0.717) is 12.0 Å². The highest BCUT2D eigenvalue weighted by molar-refractivity contribution is 5.81.